The second-order valence-corrected chi connectivity index (χ2v) is 15.5. The minimum Gasteiger partial charge on any atom is -0.463 e. The molecule has 0 spiro atoms. The van der Waals surface area contributed by atoms with Gasteiger partial charge in [-0.15, -0.1) is 0 Å². The molecular formula is C35H45FN18O18. The van der Waals surface area contributed by atoms with Gasteiger partial charge in [0.15, 0.2) is 49.5 Å². The maximum absolute atomic E-state index is 16.4. The van der Waals surface area contributed by atoms with Gasteiger partial charge in [-0.1, -0.05) is 30.7 Å². The molecule has 0 amide bonds. The van der Waals surface area contributed by atoms with Gasteiger partial charge in [0.2, 0.25) is 0 Å². The van der Waals surface area contributed by atoms with Gasteiger partial charge in [0, 0.05) is 71.0 Å². The number of alkyl halides is 1. The quantitative estimate of drug-likeness (QED) is 0.0521. The molecule has 3 saturated heterocycles. The summed E-state index contributed by atoms with van der Waals surface area (Å²) in [6.45, 7) is 3.65. The molecule has 3 heterocycles. The Hall–Kier alpha value is -7.63. The molecule has 1 aliphatic carbocycles. The molecule has 0 aromatic rings. The molecule has 390 valence electrons. The number of nitrogens with zero attached hydrogens (tertiary/aromatic N) is 18. The summed E-state index contributed by atoms with van der Waals surface area (Å²) in [6, 6.07) is -6.95. The summed E-state index contributed by atoms with van der Waals surface area (Å²) in [5, 5.41) is 21.4. The molecule has 36 nitrogen and oxygen atoms in total. The predicted molar refractivity (Wildman–Crippen MR) is 224 cm³/mol. The Labute approximate surface area is 402 Å². The van der Waals surface area contributed by atoms with Crippen LogP contribution in [0.2, 0.25) is 0 Å². The standard InChI is InChI=1S/C35H45FN18O18/c1-11(55)61-10-21-29(71-34-24(48-54-42)30(65-15(5)59)28(64-14(4)58)20(68-34)9-44-50-38)32(66-16(6)60)35(69-21)72-31-25(62-12(2)56)17(45-51-39)7-18(46-52-40)26(31)70-33-23(47-53-41)22(36)27(63-13(3)57)19(67-33)8-43-49-37/h17-35H,7-10H2,1-6H3/t17-,18+,19-,20+,21-,22-,23-,24-,25+,26-,27+,28-,29-,30-,31-,32-,33-,34-,35+/m1/s1. The SMILES string of the molecule is CC(=O)OC[C@H]1O[C@@H](O[C@@H]2[C@@H](OC(C)=O)[C@H](N=[N+]=[N-])C[C@H](N=[N+]=[N-])[C@H]2O[C@H]2O[C@H](CN=[N+]=[N-])[C@H](OC(C)=O)[C@H](F)[C@H]2N=[N+]=[N-])[C@H](OC(C)=O)[C@@H]1O[C@H]1O[C@@H](CN=[N+]=[N-])[C@@H](OC(C)=O)[C@H](OC(C)=O)[C@H]1N=[N+]=[N-]. The van der Waals surface area contributed by atoms with E-state index in [1.165, 1.54) is 0 Å². The minimum atomic E-state index is -2.46. The topological polar surface area (TPSA) is 506 Å². The fourth-order valence-corrected chi connectivity index (χ4v) is 8.12. The summed E-state index contributed by atoms with van der Waals surface area (Å²) in [4.78, 5) is 91.0. The Kier molecular flexibility index (Phi) is 21.4. The molecule has 37 heteroatoms. The van der Waals surface area contributed by atoms with E-state index in [-0.39, 0.29) is 0 Å². The van der Waals surface area contributed by atoms with E-state index in [1.54, 1.807) is 0 Å². The summed E-state index contributed by atoms with van der Waals surface area (Å²) in [5.74, 6) is -5.97. The third kappa shape index (κ3) is 14.9. The Bertz CT molecular complexity index is 2320. The molecule has 1 saturated carbocycles. The molecule has 0 aromatic heterocycles. The van der Waals surface area contributed by atoms with Gasteiger partial charge < -0.3 is 56.8 Å². The summed E-state index contributed by atoms with van der Waals surface area (Å²) in [7, 11) is 0. The largest absolute Gasteiger partial charge is 0.463 e. The first kappa shape index (κ1) is 57.0. The Morgan fingerprint density at radius 1 is 0.458 bits per heavy atom. The van der Waals surface area contributed by atoms with Crippen LogP contribution < -0.4 is 0 Å². The van der Waals surface area contributed by atoms with Gasteiger partial charge >= 0.3 is 35.8 Å². The highest BCUT2D eigenvalue weighted by molar-refractivity contribution is 5.68. The minimum absolute atomic E-state index is 0.513. The number of esters is 6. The number of azide groups is 6. The van der Waals surface area contributed by atoms with Crippen LogP contribution in [-0.4, -0.2) is 172 Å². The maximum Gasteiger partial charge on any atom is 0.303 e. The second-order valence-electron chi connectivity index (χ2n) is 15.5. The van der Waals surface area contributed by atoms with E-state index >= 15 is 4.39 Å². The van der Waals surface area contributed by atoms with Crippen LogP contribution in [0.3, 0.4) is 0 Å². The van der Waals surface area contributed by atoms with Crippen molar-refractivity contribution in [1.82, 2.24) is 0 Å². The number of ether oxygens (including phenoxy) is 12. The van der Waals surface area contributed by atoms with E-state index in [0.717, 1.165) is 41.5 Å². The van der Waals surface area contributed by atoms with Gasteiger partial charge in [-0.25, -0.2) is 4.39 Å². The monoisotopic (exact) mass is 1020 g/mol. The summed E-state index contributed by atoms with van der Waals surface area (Å²) < 4.78 is 85.9. The molecule has 4 fully saturated rings. The molecule has 0 N–H and O–H groups in total. The molecule has 72 heavy (non-hydrogen) atoms. The van der Waals surface area contributed by atoms with Crippen molar-refractivity contribution in [3.8, 4) is 0 Å². The first-order valence-corrected chi connectivity index (χ1v) is 21.1. The van der Waals surface area contributed by atoms with Crippen LogP contribution in [0, 0.1) is 0 Å². The van der Waals surface area contributed by atoms with E-state index in [4.69, 9.17) is 67.9 Å². The van der Waals surface area contributed by atoms with Crippen LogP contribution in [-0.2, 0) is 85.6 Å². The van der Waals surface area contributed by atoms with Crippen molar-refractivity contribution < 1.29 is 90.0 Å². The van der Waals surface area contributed by atoms with Crippen LogP contribution in [0.25, 0.3) is 62.7 Å². The molecular weight excluding hydrogens is 979 g/mol. The van der Waals surface area contributed by atoms with Crippen molar-refractivity contribution in [3.63, 3.8) is 0 Å². The number of hydrogen-bond donors (Lipinski definition) is 0. The van der Waals surface area contributed by atoms with Crippen molar-refractivity contribution >= 4 is 35.8 Å². The molecule has 3 aliphatic heterocycles. The van der Waals surface area contributed by atoms with Gasteiger partial charge in [-0.2, -0.15) is 0 Å². The molecule has 4 rings (SSSR count). The van der Waals surface area contributed by atoms with E-state index in [9.17, 15) is 50.9 Å². The number of carbonyl (C=O) groups excluding carboxylic acids is 6. The van der Waals surface area contributed by atoms with Crippen molar-refractivity contribution in [2.45, 2.75) is 164 Å². The number of hydrogen-bond acceptors (Lipinski definition) is 24. The maximum atomic E-state index is 16.4. The Morgan fingerprint density at radius 3 is 1.39 bits per heavy atom. The number of rotatable bonds is 21. The van der Waals surface area contributed by atoms with Gasteiger partial charge in [-0.3, -0.25) is 28.8 Å². The van der Waals surface area contributed by atoms with Crippen molar-refractivity contribution in [3.05, 3.63) is 62.7 Å². The van der Waals surface area contributed by atoms with E-state index in [0.29, 0.717) is 0 Å². The van der Waals surface area contributed by atoms with Crippen LogP contribution in [0.5, 0.6) is 0 Å². The summed E-state index contributed by atoms with van der Waals surface area (Å²) >= 11 is 0. The Balaban J connectivity index is 1.92. The van der Waals surface area contributed by atoms with Gasteiger partial charge in [0.25, 0.3) is 0 Å². The average molecular weight is 1020 g/mol. The lowest BCUT2D eigenvalue weighted by atomic mass is 9.83. The number of halogens is 1. The lowest BCUT2D eigenvalue weighted by molar-refractivity contribution is -0.304. The van der Waals surface area contributed by atoms with Crippen LogP contribution in [0.15, 0.2) is 30.7 Å². The number of carbonyl (C=O) groups is 6. The normalized spacial score (nSPS) is 34.6. The highest BCUT2D eigenvalue weighted by Crippen LogP contribution is 2.41. The second kappa shape index (κ2) is 27.1. The van der Waals surface area contributed by atoms with Crippen LogP contribution in [0.4, 0.5) is 4.39 Å². The third-order valence-electron chi connectivity index (χ3n) is 10.6. The first-order chi connectivity index (χ1) is 34.3. The lowest BCUT2D eigenvalue weighted by Crippen LogP contribution is -2.64. The highest BCUT2D eigenvalue weighted by atomic mass is 19.1. The molecule has 0 aromatic carbocycles. The zero-order valence-electron chi connectivity index (χ0n) is 38.6. The fraction of sp³-hybridized carbons (Fsp3) is 0.829. The van der Waals surface area contributed by atoms with E-state index in [1.807, 2.05) is 0 Å². The summed E-state index contributed by atoms with van der Waals surface area (Å²) in [5.41, 5.74) is 56.8. The Morgan fingerprint density at radius 2 is 0.875 bits per heavy atom. The van der Waals surface area contributed by atoms with Gasteiger partial charge in [0.05, 0.1) is 31.3 Å². The van der Waals surface area contributed by atoms with E-state index in [2.05, 4.69) is 60.2 Å². The van der Waals surface area contributed by atoms with Crippen molar-refractivity contribution in [2.24, 2.45) is 30.7 Å². The summed E-state index contributed by atoms with van der Waals surface area (Å²) in [6.07, 6.45) is -28.5. The van der Waals surface area contributed by atoms with Crippen molar-refractivity contribution in [2.75, 3.05) is 19.7 Å². The zero-order chi connectivity index (χ0) is 53.2. The first-order valence-electron chi connectivity index (χ1n) is 21.1. The fourth-order valence-electron chi connectivity index (χ4n) is 8.12. The highest BCUT2D eigenvalue weighted by Gasteiger charge is 2.59. The average Bonchev–Trinajstić information content (AvgIpc) is 3.61. The smallest absolute Gasteiger partial charge is 0.303 e. The zero-order valence-corrected chi connectivity index (χ0v) is 38.6. The van der Waals surface area contributed by atoms with Crippen LogP contribution in [0.1, 0.15) is 48.0 Å². The predicted octanol–water partition coefficient (Wildman–Crippen LogP) is 3.62. The molecule has 4 aliphatic rings. The van der Waals surface area contributed by atoms with Gasteiger partial charge in [0.1, 0.15) is 55.3 Å². The molecule has 0 unspecified atom stereocenters. The van der Waals surface area contributed by atoms with E-state index < -0.39 is 178 Å². The molecule has 0 radical (unpaired) electrons. The van der Waals surface area contributed by atoms with Crippen LogP contribution >= 0.6 is 0 Å². The van der Waals surface area contributed by atoms with Gasteiger partial charge in [-0.05, 0) is 39.6 Å². The lowest BCUT2D eigenvalue weighted by Gasteiger charge is -2.47. The van der Waals surface area contributed by atoms with Crippen molar-refractivity contribution in [1.29, 1.82) is 0 Å². The molecule has 19 atom stereocenters. The molecule has 0 bridgehead atoms. The third-order valence-corrected chi connectivity index (χ3v) is 10.6.